The molecule has 0 aliphatic carbocycles. The second-order valence-electron chi connectivity index (χ2n) is 4.04. The number of ether oxygens (including phenoxy) is 1. The first-order valence-electron chi connectivity index (χ1n) is 5.69. The number of aromatic amines is 1. The quantitative estimate of drug-likeness (QED) is 0.836. The summed E-state index contributed by atoms with van der Waals surface area (Å²) in [5, 5.41) is 4.15. The molecule has 1 heterocycles. The molecule has 0 aliphatic heterocycles. The van der Waals surface area contributed by atoms with Crippen LogP contribution in [-0.4, -0.2) is 31.2 Å². The van der Waals surface area contributed by atoms with E-state index in [0.717, 1.165) is 16.6 Å². The van der Waals surface area contributed by atoms with E-state index in [1.54, 1.807) is 13.2 Å². The van der Waals surface area contributed by atoms with Crippen molar-refractivity contribution in [3.05, 3.63) is 34.5 Å². The third-order valence-electron chi connectivity index (χ3n) is 2.78. The van der Waals surface area contributed by atoms with Crippen LogP contribution in [-0.2, 0) is 4.74 Å². The Morgan fingerprint density at radius 2 is 2.28 bits per heavy atom. The SMILES string of the molecule is COCCNC(=O)c1c(C)[nH]c2cccc(Cl)c12. The van der Waals surface area contributed by atoms with E-state index < -0.39 is 0 Å². The van der Waals surface area contributed by atoms with Crippen molar-refractivity contribution in [3.63, 3.8) is 0 Å². The minimum Gasteiger partial charge on any atom is -0.383 e. The molecule has 0 atom stereocenters. The van der Waals surface area contributed by atoms with Gasteiger partial charge in [-0.3, -0.25) is 4.79 Å². The van der Waals surface area contributed by atoms with Crippen molar-refractivity contribution in [1.82, 2.24) is 10.3 Å². The second-order valence-corrected chi connectivity index (χ2v) is 4.44. The van der Waals surface area contributed by atoms with E-state index in [1.807, 2.05) is 19.1 Å². The molecular weight excluding hydrogens is 252 g/mol. The van der Waals surface area contributed by atoms with Gasteiger partial charge in [0, 0.05) is 30.3 Å². The summed E-state index contributed by atoms with van der Waals surface area (Å²) in [6, 6.07) is 5.54. The average molecular weight is 267 g/mol. The van der Waals surface area contributed by atoms with E-state index in [-0.39, 0.29) is 5.91 Å². The van der Waals surface area contributed by atoms with Crippen molar-refractivity contribution in [2.75, 3.05) is 20.3 Å². The number of benzene rings is 1. The molecule has 0 aliphatic rings. The molecule has 5 heteroatoms. The lowest BCUT2D eigenvalue weighted by Crippen LogP contribution is -2.27. The molecule has 1 aromatic heterocycles. The minimum atomic E-state index is -0.135. The van der Waals surface area contributed by atoms with Crippen LogP contribution in [0.25, 0.3) is 10.9 Å². The monoisotopic (exact) mass is 266 g/mol. The number of fused-ring (bicyclic) bond motifs is 1. The van der Waals surface area contributed by atoms with Crippen LogP contribution in [0.5, 0.6) is 0 Å². The summed E-state index contributed by atoms with van der Waals surface area (Å²) >= 11 is 6.16. The molecule has 0 unspecified atom stereocenters. The fourth-order valence-corrected chi connectivity index (χ4v) is 2.24. The normalized spacial score (nSPS) is 10.8. The zero-order valence-electron chi connectivity index (χ0n) is 10.3. The predicted octanol–water partition coefficient (Wildman–Crippen LogP) is 2.51. The molecule has 0 saturated heterocycles. The summed E-state index contributed by atoms with van der Waals surface area (Å²) in [4.78, 5) is 15.3. The van der Waals surface area contributed by atoms with Gasteiger partial charge in [0.1, 0.15) is 0 Å². The molecule has 0 fully saturated rings. The number of hydrogen-bond acceptors (Lipinski definition) is 2. The number of carbonyl (C=O) groups excluding carboxylic acids is 1. The van der Waals surface area contributed by atoms with Gasteiger partial charge in [-0.2, -0.15) is 0 Å². The van der Waals surface area contributed by atoms with Gasteiger partial charge in [0.2, 0.25) is 0 Å². The minimum absolute atomic E-state index is 0.135. The van der Waals surface area contributed by atoms with Gasteiger partial charge < -0.3 is 15.0 Å². The number of aryl methyl sites for hydroxylation is 1. The first-order chi connectivity index (χ1) is 8.65. The Morgan fingerprint density at radius 3 is 3.00 bits per heavy atom. The van der Waals surface area contributed by atoms with Crippen LogP contribution < -0.4 is 5.32 Å². The number of carbonyl (C=O) groups is 1. The first kappa shape index (κ1) is 12.9. The Balaban J connectivity index is 2.37. The van der Waals surface area contributed by atoms with E-state index >= 15 is 0 Å². The summed E-state index contributed by atoms with van der Waals surface area (Å²) in [5.74, 6) is -0.135. The highest BCUT2D eigenvalue weighted by Crippen LogP contribution is 2.28. The van der Waals surface area contributed by atoms with Gasteiger partial charge in [-0.15, -0.1) is 0 Å². The molecule has 1 aromatic carbocycles. The van der Waals surface area contributed by atoms with Crippen LogP contribution in [0, 0.1) is 6.92 Å². The van der Waals surface area contributed by atoms with Gasteiger partial charge in [-0.1, -0.05) is 17.7 Å². The molecule has 0 spiro atoms. The van der Waals surface area contributed by atoms with Crippen molar-refractivity contribution in [2.45, 2.75) is 6.92 Å². The molecule has 0 saturated carbocycles. The Labute approximate surface area is 110 Å². The lowest BCUT2D eigenvalue weighted by molar-refractivity contribution is 0.0938. The average Bonchev–Trinajstić information content (AvgIpc) is 2.67. The lowest BCUT2D eigenvalue weighted by Gasteiger charge is -2.05. The smallest absolute Gasteiger partial charge is 0.253 e. The van der Waals surface area contributed by atoms with Crippen LogP contribution in [0.3, 0.4) is 0 Å². The molecule has 2 aromatic rings. The summed E-state index contributed by atoms with van der Waals surface area (Å²) < 4.78 is 4.90. The van der Waals surface area contributed by atoms with E-state index in [1.165, 1.54) is 0 Å². The molecule has 18 heavy (non-hydrogen) atoms. The fourth-order valence-electron chi connectivity index (χ4n) is 1.97. The van der Waals surface area contributed by atoms with Crippen LogP contribution in [0.1, 0.15) is 16.1 Å². The third-order valence-corrected chi connectivity index (χ3v) is 3.09. The highest BCUT2D eigenvalue weighted by molar-refractivity contribution is 6.37. The number of amides is 1. The maximum Gasteiger partial charge on any atom is 0.253 e. The van der Waals surface area contributed by atoms with Crippen molar-refractivity contribution >= 4 is 28.4 Å². The summed E-state index contributed by atoms with van der Waals surface area (Å²) in [6.45, 7) is 2.83. The molecule has 96 valence electrons. The molecule has 2 rings (SSSR count). The number of halogens is 1. The second kappa shape index (κ2) is 5.42. The van der Waals surface area contributed by atoms with Gasteiger partial charge in [-0.05, 0) is 19.1 Å². The van der Waals surface area contributed by atoms with Crippen LogP contribution >= 0.6 is 11.6 Å². The predicted molar refractivity (Wildman–Crippen MR) is 72.3 cm³/mol. The fraction of sp³-hybridized carbons (Fsp3) is 0.308. The maximum atomic E-state index is 12.1. The number of hydrogen-bond donors (Lipinski definition) is 2. The van der Waals surface area contributed by atoms with Gasteiger partial charge in [0.25, 0.3) is 5.91 Å². The summed E-state index contributed by atoms with van der Waals surface area (Å²) in [7, 11) is 1.60. The Bertz CT molecular complexity index is 578. The van der Waals surface area contributed by atoms with Crippen molar-refractivity contribution in [1.29, 1.82) is 0 Å². The number of H-pyrrole nitrogens is 1. The van der Waals surface area contributed by atoms with Gasteiger partial charge in [0.15, 0.2) is 0 Å². The summed E-state index contributed by atoms with van der Waals surface area (Å²) in [6.07, 6.45) is 0. The van der Waals surface area contributed by atoms with Gasteiger partial charge >= 0.3 is 0 Å². The van der Waals surface area contributed by atoms with E-state index in [4.69, 9.17) is 16.3 Å². The Hall–Kier alpha value is -1.52. The largest absolute Gasteiger partial charge is 0.383 e. The molecular formula is C13H15ClN2O2. The number of nitrogens with one attached hydrogen (secondary N) is 2. The third kappa shape index (κ3) is 2.35. The first-order valence-corrected chi connectivity index (χ1v) is 6.07. The Kier molecular flexibility index (Phi) is 3.89. The number of aromatic nitrogens is 1. The van der Waals surface area contributed by atoms with Crippen LogP contribution in [0.2, 0.25) is 5.02 Å². The van der Waals surface area contributed by atoms with Crippen molar-refractivity contribution in [3.8, 4) is 0 Å². The Morgan fingerprint density at radius 1 is 1.50 bits per heavy atom. The molecule has 1 amide bonds. The van der Waals surface area contributed by atoms with Gasteiger partial charge in [0.05, 0.1) is 17.2 Å². The van der Waals surface area contributed by atoms with Crippen LogP contribution in [0.15, 0.2) is 18.2 Å². The molecule has 4 nitrogen and oxygen atoms in total. The van der Waals surface area contributed by atoms with E-state index in [0.29, 0.717) is 23.7 Å². The maximum absolute atomic E-state index is 12.1. The zero-order valence-corrected chi connectivity index (χ0v) is 11.1. The van der Waals surface area contributed by atoms with E-state index in [9.17, 15) is 4.79 Å². The topological polar surface area (TPSA) is 54.1 Å². The highest BCUT2D eigenvalue weighted by Gasteiger charge is 2.17. The number of methoxy groups -OCH3 is 1. The molecule has 0 radical (unpaired) electrons. The van der Waals surface area contributed by atoms with E-state index in [2.05, 4.69) is 10.3 Å². The summed E-state index contributed by atoms with van der Waals surface area (Å²) in [5.41, 5.74) is 2.29. The van der Waals surface area contributed by atoms with Gasteiger partial charge in [-0.25, -0.2) is 0 Å². The number of rotatable bonds is 4. The molecule has 0 bridgehead atoms. The van der Waals surface area contributed by atoms with Crippen LogP contribution in [0.4, 0.5) is 0 Å². The zero-order chi connectivity index (χ0) is 13.1. The molecule has 2 N–H and O–H groups in total. The van der Waals surface area contributed by atoms with Crippen molar-refractivity contribution < 1.29 is 9.53 Å². The highest BCUT2D eigenvalue weighted by atomic mass is 35.5. The standard InChI is InChI=1S/C13H15ClN2O2/c1-8-11(13(17)15-6-7-18-2)12-9(14)4-3-5-10(12)16-8/h3-5,16H,6-7H2,1-2H3,(H,15,17). The van der Waals surface area contributed by atoms with Crippen molar-refractivity contribution in [2.24, 2.45) is 0 Å². The lowest BCUT2D eigenvalue weighted by atomic mass is 10.1.